The van der Waals surface area contributed by atoms with Crippen LogP contribution in [0.15, 0.2) is 69.4 Å². The average Bonchev–Trinajstić information content (AvgIpc) is 3.28. The fraction of sp³-hybridized carbons (Fsp3) is 0.179. The number of benzene rings is 1. The quantitative estimate of drug-likeness (QED) is 0.454. The van der Waals surface area contributed by atoms with E-state index in [1.54, 1.807) is 18.4 Å². The van der Waals surface area contributed by atoms with E-state index in [2.05, 4.69) is 29.8 Å². The van der Waals surface area contributed by atoms with E-state index in [1.165, 1.54) is 24.0 Å². The van der Waals surface area contributed by atoms with Gasteiger partial charge in [0.2, 0.25) is 5.78 Å². The smallest absolute Gasteiger partial charge is 0.228 e. The molecule has 3 aliphatic rings. The molecule has 2 aromatic rings. The lowest BCUT2D eigenvalue weighted by atomic mass is 9.62. The van der Waals surface area contributed by atoms with Crippen LogP contribution in [-0.4, -0.2) is 29.2 Å². The number of aryl methyl sites for hydroxylation is 1. The molecule has 1 atom stereocenters. The van der Waals surface area contributed by atoms with E-state index in [9.17, 15) is 24.0 Å². The third-order valence-electron chi connectivity index (χ3n) is 6.08. The summed E-state index contributed by atoms with van der Waals surface area (Å²) in [6, 6.07) is 3.35. The first-order chi connectivity index (χ1) is 16.4. The minimum absolute atomic E-state index is 0.183. The van der Waals surface area contributed by atoms with Gasteiger partial charge >= 0.3 is 0 Å². The average molecular weight is 446 g/mol. The van der Waals surface area contributed by atoms with Gasteiger partial charge < -0.3 is 4.42 Å². The normalized spacial score (nSPS) is 17.9. The second kappa shape index (κ2) is 8.91. The Kier molecular flexibility index (Phi) is 5.84. The van der Waals surface area contributed by atoms with Crippen molar-refractivity contribution in [2.75, 3.05) is 0 Å². The molecule has 0 spiro atoms. The number of carbonyl (C=O) groups is 3. The van der Waals surface area contributed by atoms with Crippen molar-refractivity contribution in [2.45, 2.75) is 31.6 Å². The van der Waals surface area contributed by atoms with Crippen LogP contribution in [0.1, 0.15) is 73.3 Å². The van der Waals surface area contributed by atoms with Gasteiger partial charge in [-0.2, -0.15) is 0 Å². The fourth-order valence-electron chi connectivity index (χ4n) is 4.66. The predicted octanol–water partition coefficient (Wildman–Crippen LogP) is 3.54. The summed E-state index contributed by atoms with van der Waals surface area (Å²) in [6.45, 7) is 2.10. The summed E-state index contributed by atoms with van der Waals surface area (Å²) in [4.78, 5) is 56.1. The second-order valence-electron chi connectivity index (χ2n) is 7.94. The third kappa shape index (κ3) is 3.65. The molecule has 1 aromatic heterocycles. The highest BCUT2D eigenvalue weighted by Gasteiger charge is 2.46. The maximum absolute atomic E-state index is 12.9. The van der Waals surface area contributed by atoms with Crippen molar-refractivity contribution in [3.05, 3.63) is 104 Å². The lowest BCUT2D eigenvalue weighted by Gasteiger charge is -2.39. The van der Waals surface area contributed by atoms with Gasteiger partial charge in [0, 0.05) is 62.1 Å². The van der Waals surface area contributed by atoms with Crippen LogP contribution in [0.2, 0.25) is 0 Å². The highest BCUT2D eigenvalue weighted by molar-refractivity contribution is 6.23. The van der Waals surface area contributed by atoms with E-state index < -0.39 is 0 Å². The van der Waals surface area contributed by atoms with Crippen LogP contribution < -0.4 is 0 Å². The van der Waals surface area contributed by atoms with Crippen LogP contribution in [0.4, 0.5) is 0 Å². The van der Waals surface area contributed by atoms with Gasteiger partial charge in [-0.15, -0.1) is 0 Å². The van der Waals surface area contributed by atoms with Crippen LogP contribution in [0.3, 0.4) is 0 Å². The highest BCUT2D eigenvalue weighted by atomic mass is 16.3. The summed E-state index contributed by atoms with van der Waals surface area (Å²) >= 11 is 0. The maximum Gasteiger partial charge on any atom is 0.228 e. The molecule has 0 aliphatic heterocycles. The lowest BCUT2D eigenvalue weighted by molar-refractivity contribution is 0.0986. The Morgan fingerprint density at radius 3 is 2.03 bits per heavy atom. The van der Waals surface area contributed by atoms with Gasteiger partial charge in [-0.1, -0.05) is 6.92 Å². The molecular weight excluding hydrogens is 432 g/mol. The molecule has 0 N–H and O–H groups in total. The van der Waals surface area contributed by atoms with Gasteiger partial charge in [0.1, 0.15) is 0 Å². The number of allylic oxidation sites excluding steroid dienone is 2. The SMILES string of the molecule is C[C@@]12CCCc3coc(c31)C(=O)c1cc3c(cc12)C(=O)C=CC3=O.O=C=C=C=C=C=C=C=C=O. The molecule has 162 valence electrons. The minimum Gasteiger partial charge on any atom is -0.460 e. The number of furan rings is 1. The van der Waals surface area contributed by atoms with Crippen LogP contribution in [-0.2, 0) is 21.4 Å². The predicted molar refractivity (Wildman–Crippen MR) is 118 cm³/mol. The van der Waals surface area contributed by atoms with E-state index in [-0.39, 0.29) is 22.8 Å². The Bertz CT molecular complexity index is 1570. The Labute approximate surface area is 193 Å². The van der Waals surface area contributed by atoms with Gasteiger partial charge in [-0.3, -0.25) is 14.4 Å². The molecule has 0 fully saturated rings. The zero-order valence-corrected chi connectivity index (χ0v) is 18.0. The van der Waals surface area contributed by atoms with Gasteiger partial charge in [-0.05, 0) is 54.7 Å². The first kappa shape index (κ1) is 22.3. The van der Waals surface area contributed by atoms with E-state index in [4.69, 9.17) is 4.42 Å². The third-order valence-corrected chi connectivity index (χ3v) is 6.08. The van der Waals surface area contributed by atoms with Gasteiger partial charge in [0.15, 0.2) is 29.2 Å². The highest BCUT2D eigenvalue weighted by Crippen LogP contribution is 2.50. The number of hydrogen-bond donors (Lipinski definition) is 0. The summed E-state index contributed by atoms with van der Waals surface area (Å²) in [5, 5.41) is 0. The zero-order valence-electron chi connectivity index (χ0n) is 18.0. The van der Waals surface area contributed by atoms with Crippen LogP contribution in [0.25, 0.3) is 0 Å². The van der Waals surface area contributed by atoms with Crippen molar-refractivity contribution in [3.63, 3.8) is 0 Å². The van der Waals surface area contributed by atoms with Gasteiger partial charge in [0.05, 0.1) is 6.26 Å². The molecule has 0 saturated heterocycles. The number of rotatable bonds is 0. The largest absolute Gasteiger partial charge is 0.460 e. The molecule has 0 unspecified atom stereocenters. The minimum atomic E-state index is -0.349. The number of ketones is 3. The Balaban J connectivity index is 0.000000235. The molecule has 0 saturated carbocycles. The molecular formula is C28H14O6. The van der Waals surface area contributed by atoms with Crippen molar-refractivity contribution >= 4 is 29.2 Å². The van der Waals surface area contributed by atoms with Crippen LogP contribution >= 0.6 is 0 Å². The molecule has 5 rings (SSSR count). The van der Waals surface area contributed by atoms with E-state index in [0.29, 0.717) is 22.5 Å². The van der Waals surface area contributed by atoms with Gasteiger partial charge in [-0.25, -0.2) is 9.59 Å². The Morgan fingerprint density at radius 2 is 1.41 bits per heavy atom. The standard InChI is InChI=1S/C20H14O4.C8O2/c1-20-6-2-3-10-9-24-19(17(10)20)18(23)13-7-11-12(8-14(13)20)16(22)5-4-15(11)21;9-7-5-3-1-2-4-6-8-10/h4-5,7-9H,2-3,6H2,1H3;/t20-;/m0./s1. The second-order valence-corrected chi connectivity index (χ2v) is 7.94. The van der Waals surface area contributed by atoms with Crippen molar-refractivity contribution in [2.24, 2.45) is 0 Å². The molecule has 1 aromatic carbocycles. The van der Waals surface area contributed by atoms with Crippen LogP contribution in [0.5, 0.6) is 0 Å². The summed E-state index contributed by atoms with van der Waals surface area (Å²) < 4.78 is 5.60. The zero-order chi connectivity index (χ0) is 24.3. The van der Waals surface area contributed by atoms with E-state index in [1.807, 2.05) is 11.5 Å². The topological polar surface area (TPSA) is 98.5 Å². The molecule has 34 heavy (non-hydrogen) atoms. The molecule has 6 heteroatoms. The molecule has 0 bridgehead atoms. The van der Waals surface area contributed by atoms with Gasteiger partial charge in [0.25, 0.3) is 0 Å². The molecule has 6 nitrogen and oxygen atoms in total. The van der Waals surface area contributed by atoms with E-state index in [0.717, 1.165) is 36.0 Å². The molecule has 0 amide bonds. The monoisotopic (exact) mass is 446 g/mol. The summed E-state index contributed by atoms with van der Waals surface area (Å²) in [5.41, 5.74) is 16.2. The maximum atomic E-state index is 12.9. The van der Waals surface area contributed by atoms with Crippen molar-refractivity contribution in [3.8, 4) is 0 Å². The lowest BCUT2D eigenvalue weighted by Crippen LogP contribution is -2.36. The number of hydrogen-bond acceptors (Lipinski definition) is 6. The van der Waals surface area contributed by atoms with E-state index >= 15 is 0 Å². The Morgan fingerprint density at radius 1 is 0.824 bits per heavy atom. The van der Waals surface area contributed by atoms with Crippen molar-refractivity contribution in [1.82, 2.24) is 0 Å². The molecule has 3 aliphatic carbocycles. The summed E-state index contributed by atoms with van der Waals surface area (Å²) in [7, 11) is 0. The number of fused-ring (bicyclic) bond motifs is 3. The molecule has 0 radical (unpaired) electrons. The van der Waals surface area contributed by atoms with Crippen molar-refractivity contribution < 1.29 is 28.4 Å². The Hall–Kier alpha value is -4.91. The number of carbonyl (C=O) groups excluding carboxylic acids is 5. The van der Waals surface area contributed by atoms with Crippen molar-refractivity contribution in [1.29, 1.82) is 0 Å². The summed E-state index contributed by atoms with van der Waals surface area (Å²) in [6.07, 6.45) is 7.05. The fourth-order valence-corrected chi connectivity index (χ4v) is 4.66. The first-order valence-corrected chi connectivity index (χ1v) is 10.3. The van der Waals surface area contributed by atoms with Crippen LogP contribution in [0, 0.1) is 0 Å². The molecule has 1 heterocycles. The first-order valence-electron chi connectivity index (χ1n) is 10.3. The summed E-state index contributed by atoms with van der Waals surface area (Å²) in [5.74, 6) is 2.42.